The number of nitrogens with zero attached hydrogens (tertiary/aromatic N) is 5. The minimum absolute atomic E-state index is 0.233. The van der Waals surface area contributed by atoms with Crippen LogP contribution in [0.5, 0.6) is 0 Å². The maximum Gasteiger partial charge on any atom is 0.226 e. The quantitative estimate of drug-likeness (QED) is 0.431. The Morgan fingerprint density at radius 3 is 2.55 bits per heavy atom. The highest BCUT2D eigenvalue weighted by Gasteiger charge is 2.17. The van der Waals surface area contributed by atoms with Crippen molar-refractivity contribution in [3.05, 3.63) is 76.7 Å². The summed E-state index contributed by atoms with van der Waals surface area (Å²) >= 11 is -2.51. The summed E-state index contributed by atoms with van der Waals surface area (Å²) in [7, 11) is 0. The third-order valence-corrected chi connectivity index (χ3v) is 5.61. The number of aryl methyl sites for hydroxylation is 2. The largest absolute Gasteiger partial charge is 0.766 e. The molecular weight excluding hydrogens is 410 g/mol. The number of aromatic nitrogens is 4. The summed E-state index contributed by atoms with van der Waals surface area (Å²) < 4.78 is 24.3. The topological polar surface area (TPSA) is 107 Å². The molecule has 0 spiro atoms. The first-order valence-electron chi connectivity index (χ1n) is 9.94. The van der Waals surface area contributed by atoms with Gasteiger partial charge in [-0.25, -0.2) is 9.97 Å². The van der Waals surface area contributed by atoms with Gasteiger partial charge in [0.1, 0.15) is 5.82 Å². The summed E-state index contributed by atoms with van der Waals surface area (Å²) in [6.07, 6.45) is 2.23. The van der Waals surface area contributed by atoms with E-state index < -0.39 is 11.1 Å². The molecule has 1 atom stereocenters. The van der Waals surface area contributed by atoms with E-state index >= 15 is 0 Å². The van der Waals surface area contributed by atoms with Crippen LogP contribution in [0.2, 0.25) is 0 Å². The van der Waals surface area contributed by atoms with E-state index in [1.165, 1.54) is 4.52 Å². The molecule has 0 aliphatic rings. The minimum atomic E-state index is -2.51. The van der Waals surface area contributed by atoms with Crippen LogP contribution in [0.3, 0.4) is 0 Å². The average Bonchev–Trinajstić information content (AvgIpc) is 3.24. The smallest absolute Gasteiger partial charge is 0.226 e. The lowest BCUT2D eigenvalue weighted by atomic mass is 9.97. The summed E-state index contributed by atoms with van der Waals surface area (Å²) in [5.41, 5.74) is 5.83. The summed E-state index contributed by atoms with van der Waals surface area (Å²) in [4.78, 5) is 8.93. The normalized spacial score (nSPS) is 12.1. The Kier molecular flexibility index (Phi) is 5.89. The van der Waals surface area contributed by atoms with Crippen LogP contribution in [0, 0.1) is 18.3 Å². The summed E-state index contributed by atoms with van der Waals surface area (Å²) in [6, 6.07) is 17.7. The maximum absolute atomic E-state index is 11.4. The first kappa shape index (κ1) is 20.8. The zero-order valence-electron chi connectivity index (χ0n) is 17.2. The van der Waals surface area contributed by atoms with Gasteiger partial charge in [0.15, 0.2) is 5.65 Å². The van der Waals surface area contributed by atoms with Crippen LogP contribution >= 0.6 is 0 Å². The lowest BCUT2D eigenvalue weighted by Crippen LogP contribution is -2.08. The van der Waals surface area contributed by atoms with Crippen molar-refractivity contribution < 1.29 is 8.76 Å². The van der Waals surface area contributed by atoms with Crippen molar-refractivity contribution in [3.8, 4) is 17.2 Å². The molecule has 2 heterocycles. The number of hydrogen-bond donors (Lipinski definition) is 0. The molecule has 7 nitrogen and oxygen atoms in total. The van der Waals surface area contributed by atoms with Crippen molar-refractivity contribution in [1.82, 2.24) is 19.6 Å². The van der Waals surface area contributed by atoms with E-state index in [1.807, 2.05) is 42.5 Å². The predicted octanol–water partition coefficient (Wildman–Crippen LogP) is 3.75. The van der Waals surface area contributed by atoms with E-state index in [2.05, 4.69) is 28.1 Å². The molecule has 2 aromatic heterocycles. The Morgan fingerprint density at radius 2 is 1.87 bits per heavy atom. The van der Waals surface area contributed by atoms with Crippen molar-refractivity contribution in [2.75, 3.05) is 0 Å². The fourth-order valence-electron chi connectivity index (χ4n) is 3.69. The second-order valence-corrected chi connectivity index (χ2v) is 8.06. The molecule has 0 aliphatic carbocycles. The zero-order valence-corrected chi connectivity index (χ0v) is 18.0. The molecule has 0 saturated carbocycles. The molecule has 0 radical (unpaired) electrons. The molecule has 4 rings (SSSR count). The summed E-state index contributed by atoms with van der Waals surface area (Å²) in [6.45, 7) is 3.87. The van der Waals surface area contributed by atoms with Crippen LogP contribution in [0.1, 0.15) is 41.6 Å². The number of rotatable bonds is 6. The van der Waals surface area contributed by atoms with Gasteiger partial charge in [0.25, 0.3) is 0 Å². The van der Waals surface area contributed by atoms with Crippen LogP contribution in [-0.2, 0) is 23.9 Å². The molecule has 31 heavy (non-hydrogen) atoms. The highest BCUT2D eigenvalue weighted by atomic mass is 32.2. The SMILES string of the molecule is CCCc1nc(C)n2nc(S(=O)[O-])nc2c1Cc1ccc(-c2ccccc2C#N)cc1. The minimum Gasteiger partial charge on any atom is -0.766 e. The molecule has 0 bridgehead atoms. The second-order valence-electron chi connectivity index (χ2n) is 7.23. The molecule has 156 valence electrons. The van der Waals surface area contributed by atoms with Gasteiger partial charge in [0, 0.05) is 28.8 Å². The zero-order chi connectivity index (χ0) is 22.0. The number of fused-ring (bicyclic) bond motifs is 1. The van der Waals surface area contributed by atoms with E-state index in [1.54, 1.807) is 13.0 Å². The molecule has 0 N–H and O–H groups in total. The van der Waals surface area contributed by atoms with E-state index in [9.17, 15) is 14.0 Å². The number of nitriles is 1. The van der Waals surface area contributed by atoms with Gasteiger partial charge in [-0.3, -0.25) is 4.21 Å². The van der Waals surface area contributed by atoms with Gasteiger partial charge in [0.2, 0.25) is 5.16 Å². The molecule has 1 unspecified atom stereocenters. The molecule has 0 aliphatic heterocycles. The standard InChI is InChI=1S/C23H21N5O2S/c1-3-6-21-20(22-26-23(31(29)30)27-28(22)15(2)25-21)13-16-9-11-17(12-10-16)19-8-5-4-7-18(19)14-24/h4-5,7-12H,3,6,13H2,1-2H3,(H,29,30)/p-1. The molecule has 0 fully saturated rings. The molecule has 0 saturated heterocycles. The predicted molar refractivity (Wildman–Crippen MR) is 116 cm³/mol. The van der Waals surface area contributed by atoms with E-state index in [-0.39, 0.29) is 5.16 Å². The van der Waals surface area contributed by atoms with Crippen molar-refractivity contribution in [2.24, 2.45) is 0 Å². The molecule has 8 heteroatoms. The van der Waals surface area contributed by atoms with Gasteiger partial charge < -0.3 is 4.55 Å². The first-order chi connectivity index (χ1) is 15.0. The summed E-state index contributed by atoms with van der Waals surface area (Å²) in [5, 5.41) is 13.2. The van der Waals surface area contributed by atoms with Crippen LogP contribution in [0.25, 0.3) is 16.8 Å². The van der Waals surface area contributed by atoms with Crippen LogP contribution in [-0.4, -0.2) is 28.3 Å². The van der Waals surface area contributed by atoms with E-state index in [4.69, 9.17) is 0 Å². The molecule has 4 aromatic rings. The molecular formula is C23H20N5O2S-. The Hall–Kier alpha value is -3.41. The highest BCUT2D eigenvalue weighted by Crippen LogP contribution is 2.26. The Morgan fingerprint density at radius 1 is 1.13 bits per heavy atom. The van der Waals surface area contributed by atoms with Crippen molar-refractivity contribution in [1.29, 1.82) is 5.26 Å². The van der Waals surface area contributed by atoms with Crippen LogP contribution in [0.4, 0.5) is 0 Å². The molecule has 2 aromatic carbocycles. The Labute approximate surface area is 182 Å². The maximum atomic E-state index is 11.4. The number of benzene rings is 2. The van der Waals surface area contributed by atoms with Gasteiger partial charge in [0.05, 0.1) is 11.6 Å². The fraction of sp³-hybridized carbons (Fsp3) is 0.217. The first-order valence-corrected chi connectivity index (χ1v) is 11.0. The van der Waals surface area contributed by atoms with E-state index in [0.717, 1.165) is 40.8 Å². The van der Waals surface area contributed by atoms with Crippen molar-refractivity contribution in [3.63, 3.8) is 0 Å². The van der Waals surface area contributed by atoms with Crippen LogP contribution in [0.15, 0.2) is 53.7 Å². The summed E-state index contributed by atoms with van der Waals surface area (Å²) in [5.74, 6) is 0.606. The third-order valence-electron chi connectivity index (χ3n) is 5.14. The van der Waals surface area contributed by atoms with Crippen molar-refractivity contribution in [2.45, 2.75) is 38.3 Å². The van der Waals surface area contributed by atoms with Gasteiger partial charge in [-0.2, -0.15) is 9.78 Å². The van der Waals surface area contributed by atoms with E-state index in [0.29, 0.717) is 23.5 Å². The van der Waals surface area contributed by atoms with Crippen LogP contribution < -0.4 is 0 Å². The fourth-order valence-corrected chi connectivity index (χ4v) is 4.00. The highest BCUT2D eigenvalue weighted by molar-refractivity contribution is 7.79. The monoisotopic (exact) mass is 430 g/mol. The van der Waals surface area contributed by atoms with Gasteiger partial charge in [-0.15, -0.1) is 5.10 Å². The Bertz CT molecular complexity index is 1320. The van der Waals surface area contributed by atoms with Gasteiger partial charge in [-0.05, 0) is 36.1 Å². The van der Waals surface area contributed by atoms with Gasteiger partial charge >= 0.3 is 0 Å². The molecule has 0 amide bonds. The van der Waals surface area contributed by atoms with Crippen molar-refractivity contribution >= 4 is 16.7 Å². The Balaban J connectivity index is 1.75. The average molecular weight is 431 g/mol. The lowest BCUT2D eigenvalue weighted by Gasteiger charge is -2.12. The second kappa shape index (κ2) is 8.76. The third kappa shape index (κ3) is 4.10. The number of hydrogen-bond acceptors (Lipinski definition) is 6. The lowest BCUT2D eigenvalue weighted by molar-refractivity contribution is 0.528. The van der Waals surface area contributed by atoms with Gasteiger partial charge in [-0.1, -0.05) is 55.8 Å².